The van der Waals surface area contributed by atoms with Gasteiger partial charge in [-0.2, -0.15) is 0 Å². The molecule has 1 N–H and O–H groups in total. The molecule has 0 bridgehead atoms. The summed E-state index contributed by atoms with van der Waals surface area (Å²) in [6.45, 7) is 1.91. The van der Waals surface area contributed by atoms with Crippen molar-refractivity contribution in [1.29, 1.82) is 0 Å². The van der Waals surface area contributed by atoms with E-state index in [0.29, 0.717) is 34.0 Å². The van der Waals surface area contributed by atoms with Crippen molar-refractivity contribution in [1.82, 2.24) is 4.98 Å². The lowest BCUT2D eigenvalue weighted by Crippen LogP contribution is -2.13. The molecule has 27 heavy (non-hydrogen) atoms. The minimum Gasteiger partial charge on any atom is -0.496 e. The largest absolute Gasteiger partial charge is 0.496 e. The monoisotopic (exact) mass is 358 g/mol. The molecule has 0 spiro atoms. The molecule has 1 aromatic heterocycles. The average Bonchev–Trinajstić information content (AvgIpc) is 3.11. The van der Waals surface area contributed by atoms with Gasteiger partial charge in [-0.15, -0.1) is 0 Å². The number of ether oxygens (including phenoxy) is 1. The number of aromatic nitrogens is 1. The van der Waals surface area contributed by atoms with Gasteiger partial charge >= 0.3 is 0 Å². The topological polar surface area (TPSA) is 64.4 Å². The molecular formula is C22H18N2O3. The number of para-hydroxylation sites is 1. The highest BCUT2D eigenvalue weighted by molar-refractivity contribution is 6.05. The summed E-state index contributed by atoms with van der Waals surface area (Å²) in [4.78, 5) is 17.1. The number of aryl methyl sites for hydroxylation is 1. The number of rotatable bonds is 4. The molecule has 4 rings (SSSR count). The number of amides is 1. The number of hydrogen-bond acceptors (Lipinski definition) is 4. The molecule has 5 heteroatoms. The van der Waals surface area contributed by atoms with Crippen molar-refractivity contribution in [2.75, 3.05) is 12.4 Å². The lowest BCUT2D eigenvalue weighted by Gasteiger charge is -2.07. The van der Waals surface area contributed by atoms with E-state index in [0.717, 1.165) is 11.1 Å². The molecule has 3 aromatic carbocycles. The summed E-state index contributed by atoms with van der Waals surface area (Å²) in [5.74, 6) is 1.02. The van der Waals surface area contributed by atoms with Crippen LogP contribution in [0.3, 0.4) is 0 Å². The third-order valence-corrected chi connectivity index (χ3v) is 4.37. The minimum absolute atomic E-state index is 0.152. The Hall–Kier alpha value is -3.60. The van der Waals surface area contributed by atoms with E-state index in [-0.39, 0.29) is 5.91 Å². The number of anilines is 1. The molecule has 0 saturated carbocycles. The van der Waals surface area contributed by atoms with Gasteiger partial charge in [-0.3, -0.25) is 4.79 Å². The molecule has 0 fully saturated rings. The fourth-order valence-corrected chi connectivity index (χ4v) is 2.97. The summed E-state index contributed by atoms with van der Waals surface area (Å²) in [5.41, 5.74) is 4.32. The standard InChI is InChI=1S/C22H18N2O3/c1-14-7-3-4-8-16(14)21(25)23-15-11-12-20-18(13-15)24-22(27-20)17-9-5-6-10-19(17)26-2/h3-13H,1-2H3,(H,23,25). The Morgan fingerprint density at radius 1 is 1.04 bits per heavy atom. The molecular weight excluding hydrogens is 340 g/mol. The normalized spacial score (nSPS) is 10.7. The van der Waals surface area contributed by atoms with E-state index >= 15 is 0 Å². The summed E-state index contributed by atoms with van der Waals surface area (Å²) in [6.07, 6.45) is 0. The van der Waals surface area contributed by atoms with Gasteiger partial charge in [-0.1, -0.05) is 30.3 Å². The van der Waals surface area contributed by atoms with E-state index in [1.54, 1.807) is 31.4 Å². The molecule has 5 nitrogen and oxygen atoms in total. The smallest absolute Gasteiger partial charge is 0.255 e. The highest BCUT2D eigenvalue weighted by atomic mass is 16.5. The van der Waals surface area contributed by atoms with Gasteiger partial charge in [-0.05, 0) is 48.9 Å². The van der Waals surface area contributed by atoms with Crippen LogP contribution >= 0.6 is 0 Å². The maximum atomic E-state index is 12.5. The first-order chi connectivity index (χ1) is 13.2. The van der Waals surface area contributed by atoms with E-state index in [1.165, 1.54) is 0 Å². The highest BCUT2D eigenvalue weighted by Crippen LogP contribution is 2.32. The van der Waals surface area contributed by atoms with Crippen molar-refractivity contribution in [3.8, 4) is 17.2 Å². The first-order valence-electron chi connectivity index (χ1n) is 8.56. The second-order valence-corrected chi connectivity index (χ2v) is 6.17. The number of nitrogens with zero attached hydrogens (tertiary/aromatic N) is 1. The van der Waals surface area contributed by atoms with Crippen LogP contribution in [-0.2, 0) is 0 Å². The Balaban J connectivity index is 1.65. The maximum absolute atomic E-state index is 12.5. The van der Waals surface area contributed by atoms with Crippen LogP contribution in [0.25, 0.3) is 22.6 Å². The molecule has 0 atom stereocenters. The minimum atomic E-state index is -0.152. The lowest BCUT2D eigenvalue weighted by atomic mass is 10.1. The van der Waals surface area contributed by atoms with Crippen molar-refractivity contribution in [3.05, 3.63) is 77.9 Å². The van der Waals surface area contributed by atoms with E-state index in [4.69, 9.17) is 9.15 Å². The lowest BCUT2D eigenvalue weighted by molar-refractivity contribution is 0.102. The number of nitrogens with one attached hydrogen (secondary N) is 1. The zero-order chi connectivity index (χ0) is 18.8. The summed E-state index contributed by atoms with van der Waals surface area (Å²) in [5, 5.41) is 2.92. The zero-order valence-corrected chi connectivity index (χ0v) is 15.0. The Bertz CT molecular complexity index is 1130. The average molecular weight is 358 g/mol. The third-order valence-electron chi connectivity index (χ3n) is 4.37. The third kappa shape index (κ3) is 3.27. The summed E-state index contributed by atoms with van der Waals surface area (Å²) >= 11 is 0. The fourth-order valence-electron chi connectivity index (χ4n) is 2.97. The fraction of sp³-hybridized carbons (Fsp3) is 0.0909. The first-order valence-corrected chi connectivity index (χ1v) is 8.56. The Kier molecular flexibility index (Phi) is 4.34. The molecule has 0 saturated heterocycles. The number of methoxy groups -OCH3 is 1. The molecule has 0 radical (unpaired) electrons. The van der Waals surface area contributed by atoms with Crippen LogP contribution in [0.15, 0.2) is 71.1 Å². The quantitative estimate of drug-likeness (QED) is 0.553. The van der Waals surface area contributed by atoms with Crippen molar-refractivity contribution >= 4 is 22.7 Å². The predicted octanol–water partition coefficient (Wildman–Crippen LogP) is 5.06. The van der Waals surface area contributed by atoms with E-state index in [1.807, 2.05) is 49.4 Å². The molecule has 1 amide bonds. The zero-order valence-electron chi connectivity index (χ0n) is 15.0. The van der Waals surface area contributed by atoms with Crippen LogP contribution < -0.4 is 10.1 Å². The van der Waals surface area contributed by atoms with Crippen LogP contribution in [0.2, 0.25) is 0 Å². The van der Waals surface area contributed by atoms with E-state index in [2.05, 4.69) is 10.3 Å². The number of oxazole rings is 1. The summed E-state index contributed by atoms with van der Waals surface area (Å²) in [6, 6.07) is 20.4. The SMILES string of the molecule is COc1ccccc1-c1nc2cc(NC(=O)c3ccccc3C)ccc2o1. The number of benzene rings is 3. The number of carbonyl (C=O) groups excluding carboxylic acids is 1. The van der Waals surface area contributed by atoms with Gasteiger partial charge < -0.3 is 14.5 Å². The van der Waals surface area contributed by atoms with Gasteiger partial charge in [0.1, 0.15) is 11.3 Å². The van der Waals surface area contributed by atoms with Crippen molar-refractivity contribution < 1.29 is 13.9 Å². The van der Waals surface area contributed by atoms with Gasteiger partial charge in [0.15, 0.2) is 5.58 Å². The number of fused-ring (bicyclic) bond motifs is 1. The van der Waals surface area contributed by atoms with E-state index < -0.39 is 0 Å². The first kappa shape index (κ1) is 16.8. The van der Waals surface area contributed by atoms with Gasteiger partial charge in [0, 0.05) is 11.3 Å². The van der Waals surface area contributed by atoms with Crippen LogP contribution in [-0.4, -0.2) is 18.0 Å². The summed E-state index contributed by atoms with van der Waals surface area (Å²) in [7, 11) is 1.61. The Labute approximate surface area is 156 Å². The van der Waals surface area contributed by atoms with Gasteiger partial charge in [0.25, 0.3) is 5.91 Å². The predicted molar refractivity (Wildman–Crippen MR) is 105 cm³/mol. The van der Waals surface area contributed by atoms with Crippen LogP contribution in [0.4, 0.5) is 5.69 Å². The maximum Gasteiger partial charge on any atom is 0.255 e. The molecule has 4 aromatic rings. The van der Waals surface area contributed by atoms with Gasteiger partial charge in [0.2, 0.25) is 5.89 Å². The second-order valence-electron chi connectivity index (χ2n) is 6.17. The Morgan fingerprint density at radius 2 is 1.81 bits per heavy atom. The molecule has 0 unspecified atom stereocenters. The molecule has 0 aliphatic heterocycles. The summed E-state index contributed by atoms with van der Waals surface area (Å²) < 4.78 is 11.2. The number of carbonyl (C=O) groups is 1. The molecule has 134 valence electrons. The molecule has 0 aliphatic rings. The molecule has 1 heterocycles. The van der Waals surface area contributed by atoms with Crippen LogP contribution in [0, 0.1) is 6.92 Å². The Morgan fingerprint density at radius 3 is 2.63 bits per heavy atom. The molecule has 0 aliphatic carbocycles. The van der Waals surface area contributed by atoms with Crippen molar-refractivity contribution in [2.45, 2.75) is 6.92 Å². The number of hydrogen-bond donors (Lipinski definition) is 1. The van der Waals surface area contributed by atoms with Crippen LogP contribution in [0.1, 0.15) is 15.9 Å². The van der Waals surface area contributed by atoms with E-state index in [9.17, 15) is 4.79 Å². The van der Waals surface area contributed by atoms with Crippen molar-refractivity contribution in [3.63, 3.8) is 0 Å². The van der Waals surface area contributed by atoms with Gasteiger partial charge in [0.05, 0.1) is 12.7 Å². The van der Waals surface area contributed by atoms with Gasteiger partial charge in [-0.25, -0.2) is 4.98 Å². The van der Waals surface area contributed by atoms with Crippen LogP contribution in [0.5, 0.6) is 5.75 Å². The van der Waals surface area contributed by atoms with Crippen molar-refractivity contribution in [2.24, 2.45) is 0 Å². The highest BCUT2D eigenvalue weighted by Gasteiger charge is 2.14. The second kappa shape index (κ2) is 6.96.